The van der Waals surface area contributed by atoms with Crippen molar-refractivity contribution in [2.75, 3.05) is 5.32 Å². The van der Waals surface area contributed by atoms with Gasteiger partial charge in [-0.25, -0.2) is 19.0 Å². The number of carbonyl (C=O) groups excluding carboxylic acids is 1. The Morgan fingerprint density at radius 2 is 2.09 bits per heavy atom. The van der Waals surface area contributed by atoms with E-state index in [1.165, 1.54) is 28.5 Å². The van der Waals surface area contributed by atoms with Gasteiger partial charge in [0.1, 0.15) is 10.8 Å². The van der Waals surface area contributed by atoms with Gasteiger partial charge in [0.05, 0.1) is 12.2 Å². The van der Waals surface area contributed by atoms with E-state index in [-0.39, 0.29) is 24.0 Å². The molecule has 0 spiro atoms. The lowest BCUT2D eigenvalue weighted by molar-refractivity contribution is 0.0691. The molecule has 0 saturated carbocycles. The second-order valence-electron chi connectivity index (χ2n) is 5.06. The summed E-state index contributed by atoms with van der Waals surface area (Å²) < 4.78 is 13.6. The average Bonchev–Trinajstić information content (AvgIpc) is 2.95. The van der Waals surface area contributed by atoms with Crippen molar-refractivity contribution in [3.8, 4) is 0 Å². The lowest BCUT2D eigenvalue weighted by Crippen LogP contribution is -2.39. The molecule has 0 aliphatic heterocycles. The first kappa shape index (κ1) is 16.9. The lowest BCUT2D eigenvalue weighted by Gasteiger charge is -2.26. The van der Waals surface area contributed by atoms with Gasteiger partial charge in [-0.05, 0) is 26.0 Å². The van der Waals surface area contributed by atoms with E-state index in [0.717, 1.165) is 11.3 Å². The Labute approximate surface area is 136 Å². The van der Waals surface area contributed by atoms with Crippen LogP contribution >= 0.6 is 11.3 Å². The number of hydrogen-bond donors (Lipinski definition) is 2. The highest BCUT2D eigenvalue weighted by Gasteiger charge is 2.20. The number of hydrogen-bond acceptors (Lipinski definition) is 4. The van der Waals surface area contributed by atoms with Crippen LogP contribution in [0.5, 0.6) is 0 Å². The number of carbonyl (C=O) groups is 2. The number of benzene rings is 1. The average molecular weight is 337 g/mol. The minimum absolute atomic E-state index is 0.0526. The Bertz CT molecular complexity index is 717. The van der Waals surface area contributed by atoms with Gasteiger partial charge < -0.3 is 15.3 Å². The Kier molecular flexibility index (Phi) is 5.28. The molecule has 23 heavy (non-hydrogen) atoms. The van der Waals surface area contributed by atoms with E-state index in [4.69, 9.17) is 5.11 Å². The molecular formula is C15H16FN3O3S. The summed E-state index contributed by atoms with van der Waals surface area (Å²) in [6.07, 6.45) is 0. The van der Waals surface area contributed by atoms with Crippen LogP contribution in [0.25, 0.3) is 0 Å². The minimum atomic E-state index is -1.11. The number of halogens is 1. The number of aromatic nitrogens is 1. The molecule has 1 heterocycles. The smallest absolute Gasteiger partial charge is 0.355 e. The summed E-state index contributed by atoms with van der Waals surface area (Å²) in [6.45, 7) is 3.77. The fraction of sp³-hybridized carbons (Fsp3) is 0.267. The van der Waals surface area contributed by atoms with Gasteiger partial charge in [-0.2, -0.15) is 0 Å². The van der Waals surface area contributed by atoms with E-state index in [2.05, 4.69) is 10.3 Å². The third-order valence-corrected chi connectivity index (χ3v) is 3.91. The van der Waals surface area contributed by atoms with Crippen molar-refractivity contribution in [1.82, 2.24) is 9.88 Å². The fourth-order valence-electron chi connectivity index (χ4n) is 1.87. The van der Waals surface area contributed by atoms with Crippen LogP contribution in [0.3, 0.4) is 0 Å². The molecule has 1 aromatic heterocycles. The monoisotopic (exact) mass is 337 g/mol. The molecule has 0 saturated heterocycles. The summed E-state index contributed by atoms with van der Waals surface area (Å²) in [5.41, 5.74) is 0.0386. The number of para-hydroxylation sites is 1. The van der Waals surface area contributed by atoms with Crippen molar-refractivity contribution >= 4 is 29.0 Å². The highest BCUT2D eigenvalue weighted by molar-refractivity contribution is 7.09. The first-order valence-electron chi connectivity index (χ1n) is 6.88. The molecule has 1 aromatic carbocycles. The van der Waals surface area contributed by atoms with E-state index in [9.17, 15) is 14.0 Å². The molecule has 0 radical (unpaired) electrons. The van der Waals surface area contributed by atoms with Gasteiger partial charge in [0.25, 0.3) is 0 Å². The van der Waals surface area contributed by atoms with Crippen LogP contribution in [0, 0.1) is 5.82 Å². The summed E-state index contributed by atoms with van der Waals surface area (Å²) in [7, 11) is 0. The molecule has 6 nitrogen and oxygen atoms in total. The first-order chi connectivity index (χ1) is 10.9. The number of anilines is 1. The number of carboxylic acids is 1. The molecule has 2 rings (SSSR count). The molecule has 2 amide bonds. The lowest BCUT2D eigenvalue weighted by atomic mass is 10.3. The topological polar surface area (TPSA) is 82.5 Å². The van der Waals surface area contributed by atoms with Gasteiger partial charge in [-0.15, -0.1) is 11.3 Å². The van der Waals surface area contributed by atoms with Gasteiger partial charge in [-0.3, -0.25) is 0 Å². The summed E-state index contributed by atoms with van der Waals surface area (Å²) in [4.78, 5) is 28.6. The van der Waals surface area contributed by atoms with Crippen molar-refractivity contribution in [2.45, 2.75) is 26.4 Å². The maximum absolute atomic E-state index is 13.6. The number of urea groups is 1. The number of rotatable bonds is 5. The molecule has 0 fully saturated rings. The molecule has 2 N–H and O–H groups in total. The maximum atomic E-state index is 13.6. The van der Waals surface area contributed by atoms with Gasteiger partial charge in [-0.1, -0.05) is 12.1 Å². The summed E-state index contributed by atoms with van der Waals surface area (Å²) >= 11 is 1.16. The van der Waals surface area contributed by atoms with Crippen LogP contribution in [0.15, 0.2) is 29.6 Å². The van der Waals surface area contributed by atoms with E-state index < -0.39 is 17.8 Å². The third-order valence-electron chi connectivity index (χ3n) is 3.08. The molecule has 0 aliphatic rings. The molecule has 0 bridgehead atoms. The summed E-state index contributed by atoms with van der Waals surface area (Å²) in [5, 5.41) is 13.3. The SMILES string of the molecule is CC(C)N(Cc1nc(C(=O)O)cs1)C(=O)Nc1ccccc1F. The van der Waals surface area contributed by atoms with E-state index in [0.29, 0.717) is 5.01 Å². The number of amides is 2. The van der Waals surface area contributed by atoms with Crippen molar-refractivity contribution in [1.29, 1.82) is 0 Å². The summed E-state index contributed by atoms with van der Waals surface area (Å²) in [6, 6.07) is 5.25. The molecule has 2 aromatic rings. The van der Waals surface area contributed by atoms with Crippen LogP contribution in [0.2, 0.25) is 0 Å². The predicted octanol–water partition coefficient (Wildman–Crippen LogP) is 3.42. The number of aromatic carboxylic acids is 1. The van der Waals surface area contributed by atoms with Crippen LogP contribution in [0.4, 0.5) is 14.9 Å². The van der Waals surface area contributed by atoms with E-state index >= 15 is 0 Å². The first-order valence-corrected chi connectivity index (χ1v) is 7.76. The number of carboxylic acid groups (broad SMARTS) is 1. The van der Waals surface area contributed by atoms with Gasteiger partial charge in [0.2, 0.25) is 0 Å². The normalized spacial score (nSPS) is 10.6. The Balaban J connectivity index is 2.12. The van der Waals surface area contributed by atoms with Gasteiger partial charge in [0.15, 0.2) is 5.69 Å². The standard InChI is InChI=1S/C15H16FN3O3S/c1-9(2)19(7-13-17-12(8-23-13)14(20)21)15(22)18-11-6-4-3-5-10(11)16/h3-6,8-9H,7H2,1-2H3,(H,18,22)(H,20,21). The number of nitrogens with one attached hydrogen (secondary N) is 1. The molecular weight excluding hydrogens is 321 g/mol. The highest BCUT2D eigenvalue weighted by atomic mass is 32.1. The van der Waals surface area contributed by atoms with Crippen molar-refractivity contribution in [3.05, 3.63) is 46.2 Å². The third kappa shape index (κ3) is 4.26. The quantitative estimate of drug-likeness (QED) is 0.876. The van der Waals surface area contributed by atoms with Crippen LogP contribution in [0.1, 0.15) is 29.3 Å². The zero-order valence-electron chi connectivity index (χ0n) is 12.6. The second kappa shape index (κ2) is 7.19. The fourth-order valence-corrected chi connectivity index (χ4v) is 2.63. The zero-order chi connectivity index (χ0) is 17.0. The maximum Gasteiger partial charge on any atom is 0.355 e. The Hall–Kier alpha value is -2.48. The molecule has 8 heteroatoms. The molecule has 0 atom stereocenters. The van der Waals surface area contributed by atoms with Crippen molar-refractivity contribution in [3.63, 3.8) is 0 Å². The molecule has 122 valence electrons. The highest BCUT2D eigenvalue weighted by Crippen LogP contribution is 2.17. The Morgan fingerprint density at radius 3 is 2.65 bits per heavy atom. The number of nitrogens with zero attached hydrogens (tertiary/aromatic N) is 2. The van der Waals surface area contributed by atoms with Crippen LogP contribution in [-0.2, 0) is 6.54 Å². The van der Waals surface area contributed by atoms with E-state index in [1.54, 1.807) is 6.07 Å². The van der Waals surface area contributed by atoms with Crippen molar-refractivity contribution in [2.24, 2.45) is 0 Å². The predicted molar refractivity (Wildman–Crippen MR) is 85.2 cm³/mol. The van der Waals surface area contributed by atoms with E-state index in [1.807, 2.05) is 13.8 Å². The van der Waals surface area contributed by atoms with Crippen LogP contribution < -0.4 is 5.32 Å². The largest absolute Gasteiger partial charge is 0.476 e. The zero-order valence-corrected chi connectivity index (χ0v) is 13.4. The van der Waals surface area contributed by atoms with Gasteiger partial charge in [0, 0.05) is 11.4 Å². The molecule has 0 aliphatic carbocycles. The Morgan fingerprint density at radius 1 is 1.39 bits per heavy atom. The second-order valence-corrected chi connectivity index (χ2v) is 6.01. The van der Waals surface area contributed by atoms with Crippen LogP contribution in [-0.4, -0.2) is 33.0 Å². The summed E-state index contributed by atoms with van der Waals surface area (Å²) in [5.74, 6) is -1.63. The number of thiazole rings is 1. The minimum Gasteiger partial charge on any atom is -0.476 e. The van der Waals surface area contributed by atoms with Crippen molar-refractivity contribution < 1.29 is 19.1 Å². The molecule has 0 unspecified atom stereocenters. The van der Waals surface area contributed by atoms with Gasteiger partial charge >= 0.3 is 12.0 Å².